The number of aryl methyl sites for hydroxylation is 1. The van der Waals surface area contributed by atoms with Crippen LogP contribution < -0.4 is 4.57 Å². The molecule has 0 radical (unpaired) electrons. The first-order valence-corrected chi connectivity index (χ1v) is 13.3. The van der Waals surface area contributed by atoms with E-state index in [9.17, 15) is 0 Å². The minimum atomic E-state index is 0.0226. The first-order valence-electron chi connectivity index (χ1n) is 13.3. The number of hydrogen-bond donors (Lipinski definition) is 0. The van der Waals surface area contributed by atoms with Crippen molar-refractivity contribution in [2.45, 2.75) is 103 Å². The Hall–Kier alpha value is -2.35. The first kappa shape index (κ1) is 25.3. The standard InChI is InChI=1S/C31H45N2/c1-4-6-7-8-9-10-17-23-32-24-25-33(27-32)30(18-5-2)31(3,29-21-15-12-16-22-29)26-28-19-13-11-14-20-28/h11-16,19-22,24-25,27,30H,4-10,17-18,23,26H2,1-3H3/q+1. The van der Waals surface area contributed by atoms with Crippen molar-refractivity contribution in [2.24, 2.45) is 0 Å². The summed E-state index contributed by atoms with van der Waals surface area (Å²) in [5.74, 6) is 0. The van der Waals surface area contributed by atoms with Gasteiger partial charge in [-0.2, -0.15) is 0 Å². The molecule has 2 heteroatoms. The molecule has 2 atom stereocenters. The van der Waals surface area contributed by atoms with Crippen LogP contribution in [0.2, 0.25) is 0 Å². The highest BCUT2D eigenvalue weighted by Gasteiger charge is 2.39. The third-order valence-electron chi connectivity index (χ3n) is 7.24. The number of nitrogens with zero attached hydrogens (tertiary/aromatic N) is 2. The normalized spacial score (nSPS) is 14.2. The van der Waals surface area contributed by atoms with E-state index in [4.69, 9.17) is 0 Å². The Morgan fingerprint density at radius 1 is 0.788 bits per heavy atom. The van der Waals surface area contributed by atoms with E-state index in [2.05, 4.69) is 109 Å². The Kier molecular flexibility index (Phi) is 10.2. The molecule has 3 aromatic rings. The summed E-state index contributed by atoms with van der Waals surface area (Å²) in [5.41, 5.74) is 2.86. The minimum absolute atomic E-state index is 0.0226. The maximum absolute atomic E-state index is 2.50. The number of aromatic nitrogens is 2. The fourth-order valence-corrected chi connectivity index (χ4v) is 5.30. The van der Waals surface area contributed by atoms with E-state index in [-0.39, 0.29) is 5.41 Å². The van der Waals surface area contributed by atoms with E-state index in [1.165, 1.54) is 68.9 Å². The zero-order valence-corrected chi connectivity index (χ0v) is 21.3. The topological polar surface area (TPSA) is 8.81 Å². The molecule has 3 rings (SSSR count). The summed E-state index contributed by atoms with van der Waals surface area (Å²) in [4.78, 5) is 0. The average molecular weight is 446 g/mol. The molecule has 0 fully saturated rings. The number of hydrogen-bond acceptors (Lipinski definition) is 0. The summed E-state index contributed by atoms with van der Waals surface area (Å²) in [7, 11) is 0. The van der Waals surface area contributed by atoms with Crippen LogP contribution in [-0.4, -0.2) is 4.57 Å². The molecule has 0 aliphatic rings. The molecule has 0 bridgehead atoms. The Morgan fingerprint density at radius 3 is 2.09 bits per heavy atom. The summed E-state index contributed by atoms with van der Waals surface area (Å²) in [6, 6.07) is 22.6. The highest BCUT2D eigenvalue weighted by molar-refractivity contribution is 5.30. The molecule has 2 aromatic carbocycles. The molecule has 0 N–H and O–H groups in total. The Bertz CT molecular complexity index is 899. The van der Waals surface area contributed by atoms with Gasteiger partial charge in [0.05, 0.1) is 6.54 Å². The zero-order chi connectivity index (χ0) is 23.4. The summed E-state index contributed by atoms with van der Waals surface area (Å²) >= 11 is 0. The quantitative estimate of drug-likeness (QED) is 0.165. The lowest BCUT2D eigenvalue weighted by atomic mass is 9.70. The van der Waals surface area contributed by atoms with Gasteiger partial charge in [-0.1, -0.05) is 120 Å². The van der Waals surface area contributed by atoms with Crippen molar-refractivity contribution in [1.82, 2.24) is 4.57 Å². The molecule has 0 saturated heterocycles. The van der Waals surface area contributed by atoms with E-state index in [0.29, 0.717) is 6.04 Å². The van der Waals surface area contributed by atoms with Crippen LogP contribution in [0.1, 0.15) is 95.7 Å². The van der Waals surface area contributed by atoms with Gasteiger partial charge in [0.15, 0.2) is 0 Å². The lowest BCUT2D eigenvalue weighted by Gasteiger charge is -2.36. The fraction of sp³-hybridized carbons (Fsp3) is 0.516. The van der Waals surface area contributed by atoms with Crippen LogP contribution in [0, 0.1) is 0 Å². The summed E-state index contributed by atoms with van der Waals surface area (Å²) < 4.78 is 4.91. The van der Waals surface area contributed by atoms with E-state index < -0.39 is 0 Å². The molecule has 1 heterocycles. The van der Waals surface area contributed by atoms with Crippen LogP contribution in [0.3, 0.4) is 0 Å². The smallest absolute Gasteiger partial charge is 0.237 e. The van der Waals surface area contributed by atoms with Gasteiger partial charge in [-0.3, -0.25) is 0 Å². The van der Waals surface area contributed by atoms with Crippen molar-refractivity contribution >= 4 is 0 Å². The minimum Gasteiger partial charge on any atom is -0.237 e. The van der Waals surface area contributed by atoms with Crippen LogP contribution in [0.5, 0.6) is 0 Å². The number of rotatable bonds is 15. The van der Waals surface area contributed by atoms with Gasteiger partial charge in [0.2, 0.25) is 6.33 Å². The van der Waals surface area contributed by atoms with Crippen molar-refractivity contribution in [3.05, 3.63) is 90.5 Å². The first-order chi connectivity index (χ1) is 16.2. The van der Waals surface area contributed by atoms with Crippen LogP contribution in [-0.2, 0) is 18.4 Å². The van der Waals surface area contributed by atoms with Crippen LogP contribution in [0.4, 0.5) is 0 Å². The lowest BCUT2D eigenvalue weighted by molar-refractivity contribution is -0.697. The molecular weight excluding hydrogens is 400 g/mol. The van der Waals surface area contributed by atoms with Crippen molar-refractivity contribution in [3.63, 3.8) is 0 Å². The molecule has 0 spiro atoms. The maximum atomic E-state index is 2.50. The Labute approximate surface area is 202 Å². The predicted octanol–water partition coefficient (Wildman–Crippen LogP) is 8.07. The number of benzene rings is 2. The van der Waals surface area contributed by atoms with Gasteiger partial charge in [-0.05, 0) is 36.8 Å². The second-order valence-electron chi connectivity index (χ2n) is 9.97. The second kappa shape index (κ2) is 13.4. The summed E-state index contributed by atoms with van der Waals surface area (Å²) in [6.07, 6.45) is 19.9. The van der Waals surface area contributed by atoms with E-state index in [0.717, 1.165) is 13.0 Å². The van der Waals surface area contributed by atoms with Crippen LogP contribution in [0.25, 0.3) is 0 Å². The fourth-order valence-electron chi connectivity index (χ4n) is 5.30. The van der Waals surface area contributed by atoms with Crippen LogP contribution in [0.15, 0.2) is 79.4 Å². The van der Waals surface area contributed by atoms with Gasteiger partial charge in [0, 0.05) is 5.41 Å². The monoisotopic (exact) mass is 445 g/mol. The maximum Gasteiger partial charge on any atom is 0.244 e. The SMILES string of the molecule is CCCCCCCCC[n+]1ccn(C(CCC)C(C)(Cc2ccccc2)c2ccccc2)c1. The lowest BCUT2D eigenvalue weighted by Crippen LogP contribution is -2.37. The van der Waals surface area contributed by atoms with Crippen LogP contribution >= 0.6 is 0 Å². The average Bonchev–Trinajstić information content (AvgIpc) is 3.31. The Balaban J connectivity index is 1.76. The zero-order valence-electron chi connectivity index (χ0n) is 21.3. The van der Waals surface area contributed by atoms with Crippen molar-refractivity contribution in [1.29, 1.82) is 0 Å². The second-order valence-corrected chi connectivity index (χ2v) is 9.97. The van der Waals surface area contributed by atoms with Gasteiger partial charge in [0.25, 0.3) is 0 Å². The Morgan fingerprint density at radius 2 is 1.42 bits per heavy atom. The summed E-state index contributed by atoms with van der Waals surface area (Å²) in [5, 5.41) is 0. The largest absolute Gasteiger partial charge is 0.244 e. The van der Waals surface area contributed by atoms with Gasteiger partial charge < -0.3 is 0 Å². The molecule has 1 aromatic heterocycles. The molecule has 0 aliphatic heterocycles. The van der Waals surface area contributed by atoms with Crippen molar-refractivity contribution in [3.8, 4) is 0 Å². The molecular formula is C31H45N2+. The molecule has 0 amide bonds. The van der Waals surface area contributed by atoms with Gasteiger partial charge in [-0.15, -0.1) is 0 Å². The third-order valence-corrected chi connectivity index (χ3v) is 7.24. The highest BCUT2D eigenvalue weighted by atomic mass is 15.1. The molecule has 2 unspecified atom stereocenters. The van der Waals surface area contributed by atoms with Gasteiger partial charge in [-0.25, -0.2) is 9.13 Å². The number of imidazole rings is 1. The molecule has 178 valence electrons. The highest BCUT2D eigenvalue weighted by Crippen LogP contribution is 2.41. The van der Waals surface area contributed by atoms with Crippen molar-refractivity contribution in [2.75, 3.05) is 0 Å². The number of unbranched alkanes of at least 4 members (excludes halogenated alkanes) is 6. The van der Waals surface area contributed by atoms with Gasteiger partial charge >= 0.3 is 0 Å². The predicted molar refractivity (Wildman–Crippen MR) is 141 cm³/mol. The third kappa shape index (κ3) is 7.32. The molecule has 2 nitrogen and oxygen atoms in total. The molecule has 0 saturated carbocycles. The van der Waals surface area contributed by atoms with Gasteiger partial charge in [0.1, 0.15) is 18.4 Å². The van der Waals surface area contributed by atoms with E-state index >= 15 is 0 Å². The van der Waals surface area contributed by atoms with E-state index in [1.807, 2.05) is 0 Å². The summed E-state index contributed by atoms with van der Waals surface area (Å²) in [6.45, 7) is 8.20. The molecule has 33 heavy (non-hydrogen) atoms. The van der Waals surface area contributed by atoms with E-state index in [1.54, 1.807) is 0 Å². The van der Waals surface area contributed by atoms with Crippen molar-refractivity contribution < 1.29 is 4.57 Å². The molecule has 0 aliphatic carbocycles.